The van der Waals surface area contributed by atoms with Crippen molar-refractivity contribution in [3.63, 3.8) is 0 Å². The highest BCUT2D eigenvalue weighted by Crippen LogP contribution is 2.26. The Morgan fingerprint density at radius 1 is 1.08 bits per heavy atom. The van der Waals surface area contributed by atoms with Crippen LogP contribution in [0.2, 0.25) is 0 Å². The summed E-state index contributed by atoms with van der Waals surface area (Å²) < 4.78 is 0. The number of aryl methyl sites for hydroxylation is 1. The van der Waals surface area contributed by atoms with Crippen molar-refractivity contribution < 1.29 is 4.79 Å². The molecule has 1 amide bonds. The van der Waals surface area contributed by atoms with Crippen LogP contribution in [0.25, 0.3) is 11.3 Å². The number of hydrogen-bond donors (Lipinski definition) is 1. The van der Waals surface area contributed by atoms with Crippen molar-refractivity contribution in [1.82, 2.24) is 15.0 Å². The zero-order valence-corrected chi connectivity index (χ0v) is 14.5. The third-order valence-electron chi connectivity index (χ3n) is 4.44. The van der Waals surface area contributed by atoms with Crippen molar-refractivity contribution in [3.05, 3.63) is 66.6 Å². The minimum Gasteiger partial charge on any atom is -0.355 e. The van der Waals surface area contributed by atoms with E-state index in [9.17, 15) is 4.79 Å². The van der Waals surface area contributed by atoms with Gasteiger partial charge in [-0.25, -0.2) is 15.0 Å². The molecule has 0 radical (unpaired) electrons. The summed E-state index contributed by atoms with van der Waals surface area (Å²) in [5, 5.41) is 2.88. The first kappa shape index (κ1) is 16.2. The van der Waals surface area contributed by atoms with Gasteiger partial charge in [0, 0.05) is 30.4 Å². The number of anilines is 2. The van der Waals surface area contributed by atoms with Gasteiger partial charge in [-0.2, -0.15) is 0 Å². The van der Waals surface area contributed by atoms with Gasteiger partial charge in [-0.05, 0) is 19.1 Å². The Kier molecular flexibility index (Phi) is 4.31. The van der Waals surface area contributed by atoms with E-state index in [4.69, 9.17) is 0 Å². The molecule has 0 aliphatic carbocycles. The predicted octanol–water partition coefficient (Wildman–Crippen LogP) is 2.92. The van der Waals surface area contributed by atoms with Crippen LogP contribution in [0.5, 0.6) is 0 Å². The highest BCUT2D eigenvalue weighted by molar-refractivity contribution is 5.93. The highest BCUT2D eigenvalue weighted by Gasteiger charge is 2.33. The first-order chi connectivity index (χ1) is 12.7. The maximum absolute atomic E-state index is 12.4. The van der Waals surface area contributed by atoms with E-state index in [1.165, 1.54) is 0 Å². The van der Waals surface area contributed by atoms with Crippen LogP contribution in [0.3, 0.4) is 0 Å². The molecule has 1 aliphatic heterocycles. The van der Waals surface area contributed by atoms with E-state index in [-0.39, 0.29) is 11.8 Å². The summed E-state index contributed by atoms with van der Waals surface area (Å²) in [7, 11) is 0. The summed E-state index contributed by atoms with van der Waals surface area (Å²) >= 11 is 0. The molecule has 26 heavy (non-hydrogen) atoms. The summed E-state index contributed by atoms with van der Waals surface area (Å²) in [6.07, 6.45) is 1.57. The lowest BCUT2D eigenvalue weighted by Gasteiger charge is -2.39. The van der Waals surface area contributed by atoms with Crippen molar-refractivity contribution in [1.29, 1.82) is 0 Å². The molecule has 0 bridgehead atoms. The Labute approximate surface area is 151 Å². The number of pyridine rings is 1. The third kappa shape index (κ3) is 3.39. The molecule has 6 heteroatoms. The number of aromatic nitrogens is 3. The monoisotopic (exact) mass is 345 g/mol. The van der Waals surface area contributed by atoms with Crippen LogP contribution in [-0.2, 0) is 4.79 Å². The lowest BCUT2D eigenvalue weighted by molar-refractivity contribution is -0.120. The molecule has 1 aromatic carbocycles. The van der Waals surface area contributed by atoms with Crippen LogP contribution >= 0.6 is 0 Å². The van der Waals surface area contributed by atoms with Crippen molar-refractivity contribution >= 4 is 17.5 Å². The van der Waals surface area contributed by atoms with E-state index >= 15 is 0 Å². The molecule has 1 aliphatic rings. The quantitative estimate of drug-likeness (QED) is 0.787. The molecule has 3 aromatic rings. The second-order valence-electron chi connectivity index (χ2n) is 6.38. The number of amides is 1. The van der Waals surface area contributed by atoms with Gasteiger partial charge in [0.2, 0.25) is 5.91 Å². The molecule has 0 atom stereocenters. The van der Waals surface area contributed by atoms with E-state index in [1.54, 1.807) is 12.4 Å². The number of nitrogens with zero attached hydrogens (tertiary/aromatic N) is 4. The molecule has 1 N–H and O–H groups in total. The van der Waals surface area contributed by atoms with Crippen molar-refractivity contribution in [3.8, 4) is 11.3 Å². The second kappa shape index (κ2) is 6.92. The number of nitrogens with one attached hydrogen (secondary N) is 1. The summed E-state index contributed by atoms with van der Waals surface area (Å²) in [4.78, 5) is 27.4. The minimum absolute atomic E-state index is 0.00307. The number of rotatable bonds is 4. The lowest BCUT2D eigenvalue weighted by Crippen LogP contribution is -2.52. The molecule has 6 nitrogen and oxygen atoms in total. The van der Waals surface area contributed by atoms with Gasteiger partial charge in [0.1, 0.15) is 18.0 Å². The van der Waals surface area contributed by atoms with Crippen LogP contribution in [0.4, 0.5) is 11.6 Å². The summed E-state index contributed by atoms with van der Waals surface area (Å²) in [5.41, 5.74) is 2.82. The van der Waals surface area contributed by atoms with Gasteiger partial charge in [-0.3, -0.25) is 4.79 Å². The third-order valence-corrected chi connectivity index (χ3v) is 4.44. The van der Waals surface area contributed by atoms with Gasteiger partial charge >= 0.3 is 0 Å². The van der Waals surface area contributed by atoms with Crippen LogP contribution < -0.4 is 10.2 Å². The number of carbonyl (C=O) groups is 1. The highest BCUT2D eigenvalue weighted by atomic mass is 16.2. The van der Waals surface area contributed by atoms with Crippen LogP contribution in [0.1, 0.15) is 5.69 Å². The van der Waals surface area contributed by atoms with Gasteiger partial charge in [0.25, 0.3) is 0 Å². The summed E-state index contributed by atoms with van der Waals surface area (Å²) in [6.45, 7) is 3.19. The molecular weight excluding hydrogens is 326 g/mol. The minimum atomic E-state index is -0.0625. The predicted molar refractivity (Wildman–Crippen MR) is 101 cm³/mol. The molecule has 0 saturated carbocycles. The van der Waals surface area contributed by atoms with Crippen molar-refractivity contribution in [2.45, 2.75) is 6.92 Å². The largest absolute Gasteiger partial charge is 0.355 e. The van der Waals surface area contributed by atoms with Gasteiger partial charge in [0.05, 0.1) is 11.6 Å². The van der Waals surface area contributed by atoms with E-state index < -0.39 is 0 Å². The van der Waals surface area contributed by atoms with Crippen LogP contribution in [0.15, 0.2) is 60.9 Å². The van der Waals surface area contributed by atoms with Gasteiger partial charge < -0.3 is 10.2 Å². The van der Waals surface area contributed by atoms with E-state index in [0.717, 1.165) is 22.8 Å². The zero-order chi connectivity index (χ0) is 17.9. The Morgan fingerprint density at radius 3 is 2.65 bits per heavy atom. The van der Waals surface area contributed by atoms with Gasteiger partial charge in [-0.1, -0.05) is 36.4 Å². The topological polar surface area (TPSA) is 71.0 Å². The molecule has 130 valence electrons. The Morgan fingerprint density at radius 2 is 1.88 bits per heavy atom. The summed E-state index contributed by atoms with van der Waals surface area (Å²) in [6, 6.07) is 17.6. The lowest BCUT2D eigenvalue weighted by atomic mass is 9.99. The molecule has 1 fully saturated rings. The van der Waals surface area contributed by atoms with Gasteiger partial charge in [0.15, 0.2) is 0 Å². The average molecular weight is 345 g/mol. The average Bonchev–Trinajstić information content (AvgIpc) is 2.61. The number of benzene rings is 1. The Bertz CT molecular complexity index is 922. The van der Waals surface area contributed by atoms with E-state index in [0.29, 0.717) is 18.9 Å². The molecular formula is C20H19N5O. The second-order valence-corrected chi connectivity index (χ2v) is 6.38. The molecule has 0 unspecified atom stereocenters. The first-order valence-corrected chi connectivity index (χ1v) is 8.56. The SMILES string of the molecule is Cc1cccc(NC(=O)C2CN(c3cc(-c4ccccc4)ncn3)C2)n1. The maximum atomic E-state index is 12.4. The Hall–Kier alpha value is -3.28. The fourth-order valence-electron chi connectivity index (χ4n) is 2.96. The fraction of sp³-hybridized carbons (Fsp3) is 0.200. The van der Waals surface area contributed by atoms with E-state index in [2.05, 4.69) is 25.2 Å². The fourth-order valence-corrected chi connectivity index (χ4v) is 2.96. The first-order valence-electron chi connectivity index (χ1n) is 8.56. The molecule has 3 heterocycles. The molecule has 0 spiro atoms. The zero-order valence-electron chi connectivity index (χ0n) is 14.5. The van der Waals surface area contributed by atoms with Crippen molar-refractivity contribution in [2.75, 3.05) is 23.3 Å². The standard InChI is InChI=1S/C20H19N5O/c1-14-6-5-9-18(23-14)24-20(26)16-11-25(12-16)19-10-17(21-13-22-19)15-7-3-2-4-8-15/h2-10,13,16H,11-12H2,1H3,(H,23,24,26). The number of carbonyl (C=O) groups excluding carboxylic acids is 1. The number of hydrogen-bond acceptors (Lipinski definition) is 5. The summed E-state index contributed by atoms with van der Waals surface area (Å²) in [5.74, 6) is 1.38. The van der Waals surface area contributed by atoms with Crippen LogP contribution in [0, 0.1) is 12.8 Å². The molecule has 1 saturated heterocycles. The van der Waals surface area contributed by atoms with Crippen LogP contribution in [-0.4, -0.2) is 33.9 Å². The van der Waals surface area contributed by atoms with Crippen molar-refractivity contribution in [2.24, 2.45) is 5.92 Å². The maximum Gasteiger partial charge on any atom is 0.232 e. The van der Waals surface area contributed by atoms with E-state index in [1.807, 2.05) is 55.5 Å². The molecule has 4 rings (SSSR count). The smallest absolute Gasteiger partial charge is 0.232 e. The molecule has 2 aromatic heterocycles. The van der Waals surface area contributed by atoms with Gasteiger partial charge in [-0.15, -0.1) is 0 Å². The normalized spacial score (nSPS) is 14.0. The Balaban J connectivity index is 1.39.